The molecule has 129 heavy (non-hydrogen) atoms. The van der Waals surface area contributed by atoms with Gasteiger partial charge >= 0.3 is 53.7 Å². The fourth-order valence-corrected chi connectivity index (χ4v) is 13.1. The molecule has 0 saturated carbocycles. The van der Waals surface area contributed by atoms with Gasteiger partial charge in [0.25, 0.3) is 0 Å². The van der Waals surface area contributed by atoms with Crippen LogP contribution in [-0.2, 0) is 43.2 Å². The van der Waals surface area contributed by atoms with Crippen molar-refractivity contribution >= 4 is 53.7 Å². The molecule has 27 heteroatoms. The summed E-state index contributed by atoms with van der Waals surface area (Å²) < 4.78 is 113. The van der Waals surface area contributed by atoms with Gasteiger partial charge in [0.05, 0.1) is 0 Å². The Morgan fingerprint density at radius 3 is 0.527 bits per heavy atom. The third-order valence-corrected chi connectivity index (χ3v) is 17.9. The zero-order valence-electron chi connectivity index (χ0n) is 70.3. The number of benzene rings is 14. The second-order valence-corrected chi connectivity index (χ2v) is 28.2. The number of carbonyl (C=O) groups is 9. The molecule has 0 heterocycles. The molecule has 0 radical (unpaired) electrons. The fraction of sp³-hybridized carbons (Fsp3) is 0.0882. The molecule has 27 nitrogen and oxygen atoms in total. The summed E-state index contributed by atoms with van der Waals surface area (Å²) in [5.41, 5.74) is 6.33. The minimum atomic E-state index is -1.01. The summed E-state index contributed by atoms with van der Waals surface area (Å²) in [7, 11) is 0. The van der Waals surface area contributed by atoms with Crippen LogP contribution in [0.25, 0.3) is 44.5 Å². The van der Waals surface area contributed by atoms with E-state index in [9.17, 15) is 43.2 Å². The predicted molar refractivity (Wildman–Crippen MR) is 469 cm³/mol. The van der Waals surface area contributed by atoms with E-state index >= 15 is 0 Å². The zero-order valence-corrected chi connectivity index (χ0v) is 70.3. The number of carbonyl (C=O) groups excluding carboxylic acids is 9. The van der Waals surface area contributed by atoms with Gasteiger partial charge in [-0.2, -0.15) is 0 Å². The topological polar surface area (TPSA) is 320 Å². The Bertz CT molecular complexity index is 5960. The lowest BCUT2D eigenvalue weighted by atomic mass is 10.1. The molecule has 0 fully saturated rings. The van der Waals surface area contributed by atoms with Crippen molar-refractivity contribution < 1.29 is 128 Å². The average Bonchev–Trinajstić information content (AvgIpc) is 0.781. The Labute approximate surface area is 737 Å². The van der Waals surface area contributed by atoms with Crippen molar-refractivity contribution in [1.82, 2.24) is 0 Å². The molecule has 0 aromatic heterocycles. The molecule has 0 bridgehead atoms. The second kappa shape index (κ2) is 40.2. The normalized spacial score (nSPS) is 10.6. The fourth-order valence-electron chi connectivity index (χ4n) is 13.1. The highest BCUT2D eigenvalue weighted by Gasteiger charge is 2.32. The van der Waals surface area contributed by atoms with Crippen LogP contribution in [0.1, 0.15) is 62.3 Å². The molecule has 14 aromatic rings. The monoisotopic (exact) mass is 1730 g/mol. The smallest absolute Gasteiger partial charge is 0.308 e. The maximum Gasteiger partial charge on any atom is 0.308 e. The highest BCUT2D eigenvalue weighted by atomic mass is 16.6. The van der Waals surface area contributed by atoms with Crippen LogP contribution in [0, 0.1) is 0 Å². The van der Waals surface area contributed by atoms with E-state index in [4.69, 9.17) is 85.3 Å². The zero-order chi connectivity index (χ0) is 90.8. The van der Waals surface area contributed by atoms with Crippen LogP contribution in [0.4, 0.5) is 0 Å². The van der Waals surface area contributed by atoms with Gasteiger partial charge in [0.2, 0.25) is 28.7 Å². The molecule has 0 aliphatic rings. The van der Waals surface area contributed by atoms with Gasteiger partial charge in [-0.3, -0.25) is 43.2 Å². The molecule has 14 aromatic carbocycles. The summed E-state index contributed by atoms with van der Waals surface area (Å²) in [6, 6.07) is 81.7. The Balaban J connectivity index is 0.949. The van der Waals surface area contributed by atoms with E-state index in [1.54, 1.807) is 72.8 Å². The minimum Gasteiger partial charge on any atom is -0.453 e. The lowest BCUT2D eigenvalue weighted by Crippen LogP contribution is -2.09. The summed E-state index contributed by atoms with van der Waals surface area (Å²) in [5, 5.41) is 0. The average molecular weight is 1730 g/mol. The maximum absolute atomic E-state index is 13.8. The van der Waals surface area contributed by atoms with Crippen LogP contribution in [-0.4, -0.2) is 53.7 Å². The molecule has 0 amide bonds. The van der Waals surface area contributed by atoms with Crippen molar-refractivity contribution in [2.45, 2.75) is 62.3 Å². The number of esters is 9. The van der Waals surface area contributed by atoms with E-state index in [0.29, 0.717) is 0 Å². The number of hydrogen-bond acceptors (Lipinski definition) is 27. The van der Waals surface area contributed by atoms with Crippen LogP contribution >= 0.6 is 0 Å². The van der Waals surface area contributed by atoms with Gasteiger partial charge in [-0.25, -0.2) is 0 Å². The number of ether oxygens (including phenoxy) is 18. The van der Waals surface area contributed by atoms with Gasteiger partial charge in [0, 0.05) is 141 Å². The van der Waals surface area contributed by atoms with Gasteiger partial charge < -0.3 is 85.3 Å². The lowest BCUT2D eigenvalue weighted by molar-refractivity contribution is -0.133. The molecule has 0 unspecified atom stereocenters. The molecule has 0 saturated heterocycles. The first-order valence-electron chi connectivity index (χ1n) is 39.6. The summed E-state index contributed by atoms with van der Waals surface area (Å²) >= 11 is 0. The Hall–Kier alpha value is -17.5. The first-order valence-corrected chi connectivity index (χ1v) is 39.6. The van der Waals surface area contributed by atoms with Gasteiger partial charge in [0.15, 0.2) is 57.5 Å². The van der Waals surface area contributed by atoms with E-state index < -0.39 is 111 Å². The standard InChI is InChI=1S/C102H76O27/c1-59(103)112-80-46-81(113-60(2)104)48-82(47-80)125-100-96(128-101-88(117-64(6)108)55-86(56-89(101)118-65(7)109)126-98-92(121-76-38-22-34-72(42-76)68-26-14-10-15-27-68)49-83(114-61(3)105)50-93(98)122-77-39-23-35-73(43-77)69-28-16-11-17-29-69)53-85(116-63(5)107)54-97(100)129-102-90(119-66(8)110)57-87(58-91(102)120-67(9)111)127-99-94(123-78-40-24-36-74(44-78)70-30-18-12-19-31-70)51-84(115-62(4)106)52-95(99)124-79-41-25-37-75(45-79)71-32-20-13-21-33-71/h10-58H,1-9H3. The third-order valence-electron chi connectivity index (χ3n) is 17.9. The van der Waals surface area contributed by atoms with Crippen molar-refractivity contribution in [2.24, 2.45) is 0 Å². The van der Waals surface area contributed by atoms with Crippen molar-refractivity contribution in [3.05, 3.63) is 297 Å². The van der Waals surface area contributed by atoms with Crippen LogP contribution in [0.5, 0.6) is 155 Å². The summed E-state index contributed by atoms with van der Waals surface area (Å²) in [5.74, 6) is -15.6. The summed E-state index contributed by atoms with van der Waals surface area (Å²) in [4.78, 5) is 120. The summed E-state index contributed by atoms with van der Waals surface area (Å²) in [6.07, 6.45) is 0. The van der Waals surface area contributed by atoms with Crippen LogP contribution in [0.3, 0.4) is 0 Å². The molecular weight excluding hydrogens is 1660 g/mol. The van der Waals surface area contributed by atoms with Crippen LogP contribution in [0.15, 0.2) is 297 Å². The molecule has 0 N–H and O–H groups in total. The largest absolute Gasteiger partial charge is 0.453 e. The molecule has 14 rings (SSSR count). The maximum atomic E-state index is 13.8. The van der Waals surface area contributed by atoms with E-state index in [1.807, 2.05) is 146 Å². The second-order valence-electron chi connectivity index (χ2n) is 28.2. The van der Waals surface area contributed by atoms with Gasteiger partial charge in [-0.15, -0.1) is 0 Å². The predicted octanol–water partition coefficient (Wildman–Crippen LogP) is 23.8. The van der Waals surface area contributed by atoms with Crippen LogP contribution in [0.2, 0.25) is 0 Å². The van der Waals surface area contributed by atoms with E-state index in [0.717, 1.165) is 129 Å². The Kier molecular flexibility index (Phi) is 27.4. The van der Waals surface area contributed by atoms with Crippen molar-refractivity contribution in [2.75, 3.05) is 0 Å². The number of hydrogen-bond donors (Lipinski definition) is 0. The first-order chi connectivity index (χ1) is 62.2. The van der Waals surface area contributed by atoms with Gasteiger partial charge in [-0.1, -0.05) is 170 Å². The molecule has 0 aliphatic heterocycles. The highest BCUT2D eigenvalue weighted by Crippen LogP contribution is 2.57. The molecule has 646 valence electrons. The van der Waals surface area contributed by atoms with E-state index in [-0.39, 0.29) is 97.7 Å². The minimum absolute atomic E-state index is 0.0668. The van der Waals surface area contributed by atoms with Crippen molar-refractivity contribution in [1.29, 1.82) is 0 Å². The summed E-state index contributed by atoms with van der Waals surface area (Å²) in [6.45, 7) is 9.80. The van der Waals surface area contributed by atoms with Gasteiger partial charge in [0.1, 0.15) is 69.0 Å². The van der Waals surface area contributed by atoms with Crippen LogP contribution < -0.4 is 85.3 Å². The molecular formula is C102H76O27. The van der Waals surface area contributed by atoms with Crippen molar-refractivity contribution in [3.63, 3.8) is 0 Å². The van der Waals surface area contributed by atoms with Crippen molar-refractivity contribution in [3.8, 4) is 200 Å². The molecule has 0 aliphatic carbocycles. The highest BCUT2D eigenvalue weighted by molar-refractivity contribution is 5.81. The lowest BCUT2D eigenvalue weighted by Gasteiger charge is -2.23. The third kappa shape index (κ3) is 23.7. The number of rotatable bonds is 31. The van der Waals surface area contributed by atoms with E-state index in [2.05, 4.69) is 0 Å². The molecule has 0 atom stereocenters. The first kappa shape index (κ1) is 87.8. The SMILES string of the molecule is CC(=O)Oc1cc(OC(C)=O)cc(Oc2c(Oc3c(OC(C)=O)cc(Oc4c(Oc5cccc(-c6ccccc6)c5)cc(OC(C)=O)cc4Oc4cccc(-c5ccccc5)c4)cc3OC(C)=O)cc(OC(C)=O)cc2Oc2c(OC(C)=O)cc(Oc3c(Oc4cccc(-c5ccccc5)c4)cc(OC(C)=O)cc3Oc3cccc(-c4ccccc4)c3)cc2OC(C)=O)c1. The quantitative estimate of drug-likeness (QED) is 0.0288. The van der Waals surface area contributed by atoms with E-state index in [1.165, 1.54) is 56.3 Å². The molecule has 0 spiro atoms. The Morgan fingerprint density at radius 1 is 0.140 bits per heavy atom. The Morgan fingerprint density at radius 2 is 0.310 bits per heavy atom. The van der Waals surface area contributed by atoms with Gasteiger partial charge in [-0.05, 0) is 93.0 Å².